The Bertz CT molecular complexity index is 1400. The minimum atomic E-state index is -5.48. The first kappa shape index (κ1) is 34.5. The van der Waals surface area contributed by atoms with Crippen molar-refractivity contribution in [3.8, 4) is 0 Å². The zero-order valence-corrected chi connectivity index (χ0v) is 25.4. The van der Waals surface area contributed by atoms with Crippen molar-refractivity contribution in [3.63, 3.8) is 0 Å². The van der Waals surface area contributed by atoms with Crippen molar-refractivity contribution in [3.05, 3.63) is 12.7 Å². The number of hydrogen-bond donors (Lipinski definition) is 8. The van der Waals surface area contributed by atoms with E-state index in [1.807, 2.05) is 0 Å². The van der Waals surface area contributed by atoms with Crippen LogP contribution < -0.4 is 5.73 Å². The molecule has 23 heteroatoms. The molecule has 4 heterocycles. The second kappa shape index (κ2) is 12.8. The number of imidazole rings is 1. The molecule has 2 aromatic rings. The van der Waals surface area contributed by atoms with E-state index < -0.39 is 88.6 Å². The van der Waals surface area contributed by atoms with Gasteiger partial charge in [-0.2, -0.15) is 0 Å². The molecule has 0 bridgehead atoms. The zero-order valence-electron chi connectivity index (χ0n) is 22.8. The number of phosphoric acid groups is 1. The van der Waals surface area contributed by atoms with Crippen LogP contribution in [0.3, 0.4) is 0 Å². The van der Waals surface area contributed by atoms with Gasteiger partial charge < -0.3 is 55.1 Å². The average Bonchev–Trinajstić information content (AvgIpc) is 3.46. The number of nitrogen functional groups attached to an aromatic ring is 1. The summed E-state index contributed by atoms with van der Waals surface area (Å²) in [6, 6.07) is -0.746. The van der Waals surface area contributed by atoms with Crippen LogP contribution >= 0.6 is 14.5 Å². The number of nitrogens with zero attached hydrogens (tertiary/aromatic N) is 5. The summed E-state index contributed by atoms with van der Waals surface area (Å²) in [5, 5.41) is 50.2. The first-order valence-corrected chi connectivity index (χ1v) is 16.6. The topological polar surface area (TPSA) is 278 Å². The number of nitrogens with two attached hydrogens (primary N) is 1. The molecule has 0 aromatic carbocycles. The molecule has 7 unspecified atom stereocenters. The van der Waals surface area contributed by atoms with Crippen LogP contribution in [0.25, 0.3) is 11.2 Å². The van der Waals surface area contributed by atoms with Crippen LogP contribution in [0.4, 0.5) is 10.2 Å². The summed E-state index contributed by atoms with van der Waals surface area (Å²) in [5.41, 5.74) is 4.86. The fourth-order valence-corrected chi connectivity index (χ4v) is 7.90. The molecule has 0 saturated carbocycles. The Labute approximate surface area is 248 Å². The molecule has 19 nitrogen and oxygen atoms in total. The summed E-state index contributed by atoms with van der Waals surface area (Å²) < 4.78 is 53.7. The summed E-state index contributed by atoms with van der Waals surface area (Å²) >= 11 is 4.84. The Morgan fingerprint density at radius 1 is 1.21 bits per heavy atom. The lowest BCUT2D eigenvalue weighted by molar-refractivity contribution is -0.287. The van der Waals surface area contributed by atoms with Crippen LogP contribution in [0, 0.1) is 0 Å². The number of alkyl halides is 1. The van der Waals surface area contributed by atoms with Gasteiger partial charge in [0.25, 0.3) is 0 Å². The quantitative estimate of drug-likeness (QED) is 0.114. The van der Waals surface area contributed by atoms with Gasteiger partial charge in [0.15, 0.2) is 30.2 Å². The standard InChI is InChI=1S/C20H33FN6O13P2S/c1-20(15(32)10(26(2)3)18(38-20)27-7-25-9-16(22)23-6-24-17(9)27)5-36-42(35,43)40-41(33,34)39-19-13(31)11(29)12(30)14(37-19)8(21)4-28/h6-8,10-15,18-19,28-32H,4-5H2,1-3H3,(H,33,34)(H,35,43)(H2,22,23,24)/t8-,10+,11?,12?,13?,14?,15-,18+,19?,20+,42?/m0/s1. The SMILES string of the molecule is CN(C)[C@H]1[C@H](n2cnc3c(N)ncnc32)O[C@](C)(COP(O)(=S)OP(=O)(O)OC2OC([C@@H](F)CO)C(O)C(O)C2O)[C@H]1O. The predicted molar refractivity (Wildman–Crippen MR) is 145 cm³/mol. The van der Waals surface area contributed by atoms with Crippen molar-refractivity contribution in [2.45, 2.75) is 67.8 Å². The van der Waals surface area contributed by atoms with Crippen LogP contribution in [0.2, 0.25) is 0 Å². The van der Waals surface area contributed by atoms with Crippen LogP contribution in [0.5, 0.6) is 0 Å². The molecule has 2 aliphatic heterocycles. The maximum atomic E-state index is 14.0. The zero-order chi connectivity index (χ0) is 32.1. The minimum Gasteiger partial charge on any atom is -0.393 e. The highest BCUT2D eigenvalue weighted by molar-refractivity contribution is 8.08. The van der Waals surface area contributed by atoms with E-state index in [-0.39, 0.29) is 5.82 Å². The van der Waals surface area contributed by atoms with Gasteiger partial charge >= 0.3 is 14.5 Å². The molecule has 0 radical (unpaired) electrons. The number of fused-ring (bicyclic) bond motifs is 1. The van der Waals surface area contributed by atoms with Crippen molar-refractivity contribution in [1.82, 2.24) is 24.4 Å². The molecule has 9 N–H and O–H groups in total. The maximum Gasteiger partial charge on any atom is 0.481 e. The van der Waals surface area contributed by atoms with E-state index >= 15 is 0 Å². The number of halogens is 1. The second-order valence-corrected chi connectivity index (χ2v) is 14.7. The molecule has 244 valence electrons. The van der Waals surface area contributed by atoms with Crippen LogP contribution in [-0.2, 0) is 39.2 Å². The lowest BCUT2D eigenvalue weighted by Gasteiger charge is -2.41. The lowest BCUT2D eigenvalue weighted by Crippen LogP contribution is -2.60. The van der Waals surface area contributed by atoms with Crippen molar-refractivity contribution in [2.24, 2.45) is 0 Å². The van der Waals surface area contributed by atoms with Crippen LogP contribution in [0.15, 0.2) is 12.7 Å². The molecule has 12 atom stereocenters. The second-order valence-electron chi connectivity index (χ2n) is 10.3. The van der Waals surface area contributed by atoms with Gasteiger partial charge in [-0.15, -0.1) is 0 Å². The fourth-order valence-electron chi connectivity index (χ4n) is 4.74. The van der Waals surface area contributed by atoms with Crippen molar-refractivity contribution in [1.29, 1.82) is 0 Å². The highest BCUT2D eigenvalue weighted by atomic mass is 32.5. The summed E-state index contributed by atoms with van der Waals surface area (Å²) in [6.07, 6.45) is -12.4. The minimum absolute atomic E-state index is 0.119. The maximum absolute atomic E-state index is 14.0. The van der Waals surface area contributed by atoms with Gasteiger partial charge in [-0.25, -0.2) is 28.2 Å². The van der Waals surface area contributed by atoms with E-state index in [2.05, 4.69) is 23.8 Å². The third-order valence-electron chi connectivity index (χ3n) is 6.98. The van der Waals surface area contributed by atoms with Crippen LogP contribution in [0.1, 0.15) is 13.2 Å². The molecule has 0 aliphatic carbocycles. The molecular formula is C20H33FN6O13P2S. The monoisotopic (exact) mass is 678 g/mol. The molecule has 2 aliphatic rings. The first-order chi connectivity index (χ1) is 19.9. The van der Waals surface area contributed by atoms with E-state index in [1.165, 1.54) is 24.1 Å². The highest BCUT2D eigenvalue weighted by Crippen LogP contribution is 2.62. The van der Waals surface area contributed by atoms with Crippen molar-refractivity contribution in [2.75, 3.05) is 33.0 Å². The largest absolute Gasteiger partial charge is 0.481 e. The van der Waals surface area contributed by atoms with Gasteiger partial charge in [0.1, 0.15) is 48.0 Å². The number of aliphatic hydroxyl groups is 5. The smallest absolute Gasteiger partial charge is 0.393 e. The normalized spacial score (nSPS) is 36.9. The number of anilines is 1. The Hall–Kier alpha value is -1.36. The van der Waals surface area contributed by atoms with Gasteiger partial charge in [-0.3, -0.25) is 14.0 Å². The number of hydrogen-bond acceptors (Lipinski definition) is 17. The molecule has 2 aromatic heterocycles. The van der Waals surface area contributed by atoms with E-state index in [9.17, 15) is 39.2 Å². The number of phosphoric ester groups is 1. The Kier molecular flexibility index (Phi) is 10.3. The molecular weight excluding hydrogens is 645 g/mol. The van der Waals surface area contributed by atoms with Gasteiger partial charge in [0.05, 0.1) is 25.6 Å². The Morgan fingerprint density at radius 3 is 2.51 bits per heavy atom. The lowest BCUT2D eigenvalue weighted by atomic mass is 9.96. The molecule has 0 spiro atoms. The van der Waals surface area contributed by atoms with E-state index in [4.69, 9.17) is 36.6 Å². The third-order valence-corrected chi connectivity index (χ3v) is 10.5. The third kappa shape index (κ3) is 7.07. The summed E-state index contributed by atoms with van der Waals surface area (Å²) in [6.45, 7) is -5.10. The molecule has 2 saturated heterocycles. The molecule has 4 rings (SSSR count). The number of rotatable bonds is 11. The van der Waals surface area contributed by atoms with Gasteiger partial charge in [0, 0.05) is 0 Å². The van der Waals surface area contributed by atoms with E-state index in [0.29, 0.717) is 11.2 Å². The highest BCUT2D eigenvalue weighted by Gasteiger charge is 2.55. The molecule has 2 fully saturated rings. The van der Waals surface area contributed by atoms with Gasteiger partial charge in [0.2, 0.25) is 0 Å². The van der Waals surface area contributed by atoms with Crippen LogP contribution in [-0.4, -0.2) is 142 Å². The Morgan fingerprint density at radius 2 is 1.88 bits per heavy atom. The number of likely N-dealkylation sites (N-methyl/N-ethyl adjacent to an activating group) is 1. The molecule has 0 amide bonds. The first-order valence-electron chi connectivity index (χ1n) is 12.5. The van der Waals surface area contributed by atoms with Gasteiger partial charge in [-0.05, 0) is 32.8 Å². The predicted octanol–water partition coefficient (Wildman–Crippen LogP) is -2.51. The number of aromatic nitrogens is 4. The van der Waals surface area contributed by atoms with Gasteiger partial charge in [-0.1, -0.05) is 0 Å². The Balaban J connectivity index is 1.47. The fraction of sp³-hybridized carbons (Fsp3) is 0.750. The summed E-state index contributed by atoms with van der Waals surface area (Å²) in [4.78, 5) is 34.7. The number of aliphatic hydroxyl groups excluding tert-OH is 5. The summed E-state index contributed by atoms with van der Waals surface area (Å²) in [5.74, 6) is 0.119. The molecule has 43 heavy (non-hydrogen) atoms. The summed E-state index contributed by atoms with van der Waals surface area (Å²) in [7, 11) is -2.14. The van der Waals surface area contributed by atoms with E-state index in [1.54, 1.807) is 19.0 Å². The van der Waals surface area contributed by atoms with Crippen molar-refractivity contribution < 1.29 is 67.1 Å². The average molecular weight is 679 g/mol. The van der Waals surface area contributed by atoms with Crippen molar-refractivity contribution >= 4 is 43.3 Å². The van der Waals surface area contributed by atoms with E-state index in [0.717, 1.165) is 0 Å². The number of ether oxygens (including phenoxy) is 2.